The Hall–Kier alpha value is -0.990. The molecular formula is C12H19N3O4S. The molecule has 0 bridgehead atoms. The number of hydrogen-bond acceptors (Lipinski definition) is 6. The molecule has 2 saturated heterocycles. The Labute approximate surface area is 118 Å². The van der Waals surface area contributed by atoms with Crippen LogP contribution in [0.25, 0.3) is 0 Å². The highest BCUT2D eigenvalue weighted by Gasteiger charge is 2.49. The van der Waals surface area contributed by atoms with Crippen LogP contribution < -0.4 is 0 Å². The van der Waals surface area contributed by atoms with Crippen molar-refractivity contribution in [2.24, 2.45) is 5.92 Å². The van der Waals surface area contributed by atoms with E-state index >= 15 is 0 Å². The van der Waals surface area contributed by atoms with E-state index in [9.17, 15) is 8.42 Å². The fraction of sp³-hybridized carbons (Fsp3) is 0.833. The molecule has 0 radical (unpaired) electrons. The van der Waals surface area contributed by atoms with Crippen LogP contribution in [0.4, 0.5) is 0 Å². The van der Waals surface area contributed by atoms with Gasteiger partial charge in [-0.3, -0.25) is 0 Å². The standard InChI is InChI=1S/C12H19N3O4S/c1-3-4-20(16,17)15-5-9-10(7-18-11(9)6-15)12-14-13-8(2)19-12/h9-11H,3-7H2,1-2H3/t9-,10+,11-/m0/s1. The largest absolute Gasteiger partial charge is 0.425 e. The highest BCUT2D eigenvalue weighted by molar-refractivity contribution is 7.89. The molecule has 2 aliphatic heterocycles. The van der Waals surface area contributed by atoms with Crippen LogP contribution in [0.15, 0.2) is 4.42 Å². The van der Waals surface area contributed by atoms with Gasteiger partial charge < -0.3 is 9.15 Å². The summed E-state index contributed by atoms with van der Waals surface area (Å²) >= 11 is 0. The molecule has 0 amide bonds. The molecule has 8 heteroatoms. The molecule has 3 atom stereocenters. The van der Waals surface area contributed by atoms with E-state index in [0.717, 1.165) is 0 Å². The van der Waals surface area contributed by atoms with E-state index in [1.807, 2.05) is 6.92 Å². The Kier molecular flexibility index (Phi) is 3.55. The second kappa shape index (κ2) is 5.09. The van der Waals surface area contributed by atoms with E-state index in [1.54, 1.807) is 11.2 Å². The van der Waals surface area contributed by atoms with Crippen molar-refractivity contribution in [1.82, 2.24) is 14.5 Å². The Morgan fingerprint density at radius 2 is 2.15 bits per heavy atom. The highest BCUT2D eigenvalue weighted by atomic mass is 32.2. The van der Waals surface area contributed by atoms with Crippen molar-refractivity contribution in [3.05, 3.63) is 11.8 Å². The summed E-state index contributed by atoms with van der Waals surface area (Å²) in [5, 5.41) is 7.89. The maximum Gasteiger partial charge on any atom is 0.222 e. The summed E-state index contributed by atoms with van der Waals surface area (Å²) in [6.07, 6.45) is 0.570. The first-order valence-electron chi connectivity index (χ1n) is 6.90. The van der Waals surface area contributed by atoms with E-state index in [1.165, 1.54) is 0 Å². The van der Waals surface area contributed by atoms with Crippen LogP contribution in [0.1, 0.15) is 31.0 Å². The smallest absolute Gasteiger partial charge is 0.222 e. The van der Waals surface area contributed by atoms with E-state index in [2.05, 4.69) is 10.2 Å². The van der Waals surface area contributed by atoms with E-state index in [0.29, 0.717) is 37.9 Å². The van der Waals surface area contributed by atoms with Crippen molar-refractivity contribution >= 4 is 10.0 Å². The number of nitrogens with zero attached hydrogens (tertiary/aromatic N) is 3. The lowest BCUT2D eigenvalue weighted by Gasteiger charge is -2.17. The van der Waals surface area contributed by atoms with Crippen LogP contribution >= 0.6 is 0 Å². The average molecular weight is 301 g/mol. The van der Waals surface area contributed by atoms with Gasteiger partial charge in [0.15, 0.2) is 0 Å². The lowest BCUT2D eigenvalue weighted by molar-refractivity contribution is 0.105. The van der Waals surface area contributed by atoms with Gasteiger partial charge in [0, 0.05) is 25.9 Å². The van der Waals surface area contributed by atoms with Crippen molar-refractivity contribution in [3.8, 4) is 0 Å². The number of ether oxygens (including phenoxy) is 1. The Morgan fingerprint density at radius 3 is 2.80 bits per heavy atom. The average Bonchev–Trinajstić information content (AvgIpc) is 3.02. The molecule has 0 saturated carbocycles. The van der Waals surface area contributed by atoms with Crippen LogP contribution in [0.3, 0.4) is 0 Å². The molecule has 112 valence electrons. The maximum absolute atomic E-state index is 12.1. The first kappa shape index (κ1) is 14.0. The Balaban J connectivity index is 1.76. The van der Waals surface area contributed by atoms with E-state index in [-0.39, 0.29) is 23.7 Å². The summed E-state index contributed by atoms with van der Waals surface area (Å²) in [4.78, 5) is 0. The Morgan fingerprint density at radius 1 is 1.35 bits per heavy atom. The van der Waals surface area contributed by atoms with Gasteiger partial charge in [-0.15, -0.1) is 10.2 Å². The van der Waals surface area contributed by atoms with Gasteiger partial charge in [-0.05, 0) is 6.42 Å². The SMILES string of the molecule is CCCS(=O)(=O)N1C[C@@H]2[C@H](C1)OC[C@H]2c1nnc(C)o1. The van der Waals surface area contributed by atoms with Gasteiger partial charge in [-0.1, -0.05) is 6.92 Å². The molecule has 20 heavy (non-hydrogen) atoms. The first-order chi connectivity index (χ1) is 9.51. The van der Waals surface area contributed by atoms with E-state index < -0.39 is 10.0 Å². The van der Waals surface area contributed by atoms with Gasteiger partial charge in [0.2, 0.25) is 21.8 Å². The van der Waals surface area contributed by atoms with Gasteiger partial charge in [-0.2, -0.15) is 4.31 Å². The minimum Gasteiger partial charge on any atom is -0.425 e. The molecule has 0 spiro atoms. The number of aryl methyl sites for hydroxylation is 1. The molecule has 2 aliphatic rings. The summed E-state index contributed by atoms with van der Waals surface area (Å²) in [7, 11) is -3.17. The molecule has 1 aromatic heterocycles. The normalized spacial score (nSPS) is 30.8. The van der Waals surface area contributed by atoms with Gasteiger partial charge in [0.05, 0.1) is 24.4 Å². The number of sulfonamides is 1. The fourth-order valence-electron chi connectivity index (χ4n) is 3.01. The lowest BCUT2D eigenvalue weighted by Crippen LogP contribution is -2.32. The van der Waals surface area contributed by atoms with Crippen LogP contribution in [-0.4, -0.2) is 54.5 Å². The topological polar surface area (TPSA) is 85.5 Å². The highest BCUT2D eigenvalue weighted by Crippen LogP contribution is 2.40. The van der Waals surface area contributed by atoms with Crippen molar-refractivity contribution in [1.29, 1.82) is 0 Å². The van der Waals surface area contributed by atoms with Crippen molar-refractivity contribution < 1.29 is 17.6 Å². The summed E-state index contributed by atoms with van der Waals surface area (Å²) in [5.41, 5.74) is 0. The summed E-state index contributed by atoms with van der Waals surface area (Å²) in [6, 6.07) is 0. The Bertz CT molecular complexity index is 585. The zero-order chi connectivity index (χ0) is 14.3. The maximum atomic E-state index is 12.1. The van der Waals surface area contributed by atoms with Crippen LogP contribution in [0.5, 0.6) is 0 Å². The number of rotatable bonds is 4. The third-order valence-corrected chi connectivity index (χ3v) is 6.01. The van der Waals surface area contributed by atoms with Crippen LogP contribution in [0.2, 0.25) is 0 Å². The lowest BCUT2D eigenvalue weighted by atomic mass is 9.93. The predicted molar refractivity (Wildman–Crippen MR) is 70.7 cm³/mol. The molecular weight excluding hydrogens is 282 g/mol. The molecule has 0 aliphatic carbocycles. The van der Waals surface area contributed by atoms with Gasteiger partial charge in [0.25, 0.3) is 0 Å². The molecule has 0 N–H and O–H groups in total. The summed E-state index contributed by atoms with van der Waals surface area (Å²) < 4.78 is 37.0. The van der Waals surface area contributed by atoms with Crippen LogP contribution in [-0.2, 0) is 14.8 Å². The van der Waals surface area contributed by atoms with Gasteiger partial charge >= 0.3 is 0 Å². The van der Waals surface area contributed by atoms with Gasteiger partial charge in [0.1, 0.15) is 0 Å². The molecule has 0 unspecified atom stereocenters. The van der Waals surface area contributed by atoms with Crippen LogP contribution in [0, 0.1) is 12.8 Å². The minimum atomic E-state index is -3.17. The summed E-state index contributed by atoms with van der Waals surface area (Å²) in [6.45, 7) is 5.07. The van der Waals surface area contributed by atoms with Gasteiger partial charge in [-0.25, -0.2) is 8.42 Å². The minimum absolute atomic E-state index is 0.00280. The molecule has 1 aromatic rings. The second-order valence-corrected chi connectivity index (χ2v) is 7.52. The third-order valence-electron chi connectivity index (χ3n) is 4.00. The van der Waals surface area contributed by atoms with E-state index in [4.69, 9.17) is 9.15 Å². The molecule has 3 heterocycles. The quantitative estimate of drug-likeness (QED) is 0.806. The zero-order valence-electron chi connectivity index (χ0n) is 11.7. The zero-order valence-corrected chi connectivity index (χ0v) is 12.5. The number of hydrogen-bond donors (Lipinski definition) is 0. The van der Waals surface area contributed by atoms with Crippen molar-refractivity contribution in [2.45, 2.75) is 32.3 Å². The molecule has 7 nitrogen and oxygen atoms in total. The summed E-state index contributed by atoms with van der Waals surface area (Å²) in [5.74, 6) is 1.39. The number of fused-ring (bicyclic) bond motifs is 1. The fourth-order valence-corrected chi connectivity index (χ4v) is 4.55. The third kappa shape index (κ3) is 2.36. The number of aromatic nitrogens is 2. The first-order valence-corrected chi connectivity index (χ1v) is 8.51. The monoisotopic (exact) mass is 301 g/mol. The molecule has 3 rings (SSSR count). The molecule has 0 aromatic carbocycles. The van der Waals surface area contributed by atoms with Crippen molar-refractivity contribution in [3.63, 3.8) is 0 Å². The molecule has 2 fully saturated rings. The predicted octanol–water partition coefficient (Wildman–Crippen LogP) is 0.532. The second-order valence-electron chi connectivity index (χ2n) is 5.43. The van der Waals surface area contributed by atoms with Crippen molar-refractivity contribution in [2.75, 3.05) is 25.4 Å².